The fraction of sp³-hybridized carbons (Fsp3) is 0.850. The monoisotopic (exact) mass is 349 g/mol. The molecule has 0 aromatic rings. The van der Waals surface area contributed by atoms with Crippen LogP contribution in [0.3, 0.4) is 0 Å². The number of allylic oxidation sites excluding steroid dienone is 1. The number of ether oxygens (including phenoxy) is 3. The van der Waals surface area contributed by atoms with Gasteiger partial charge in [-0.25, -0.2) is 0 Å². The Bertz CT molecular complexity index is 556. The van der Waals surface area contributed by atoms with Gasteiger partial charge in [-0.05, 0) is 37.6 Å². The molecular formula is C20H31NO4. The number of fused-ring (bicyclic) bond motifs is 2. The van der Waals surface area contributed by atoms with Crippen LogP contribution in [0.15, 0.2) is 11.6 Å². The molecule has 0 aromatic heterocycles. The molecule has 2 aliphatic heterocycles. The minimum absolute atomic E-state index is 0.0261. The van der Waals surface area contributed by atoms with Crippen LogP contribution in [0.1, 0.15) is 39.5 Å². The molecule has 2 aliphatic carbocycles. The molecule has 0 aromatic carbocycles. The molecule has 2 saturated heterocycles. The van der Waals surface area contributed by atoms with Gasteiger partial charge in [-0.2, -0.15) is 0 Å². The summed E-state index contributed by atoms with van der Waals surface area (Å²) in [5, 5.41) is 0. The highest BCUT2D eigenvalue weighted by molar-refractivity contribution is 5.76. The quantitative estimate of drug-likeness (QED) is 0.577. The van der Waals surface area contributed by atoms with Crippen LogP contribution in [-0.2, 0) is 19.0 Å². The number of rotatable bonds is 4. The minimum Gasteiger partial charge on any atom is -0.461 e. The molecule has 0 N–H and O–H groups in total. The maximum atomic E-state index is 12.6. The first kappa shape index (κ1) is 17.5. The van der Waals surface area contributed by atoms with E-state index in [1.807, 2.05) is 7.05 Å². The molecule has 1 saturated carbocycles. The Morgan fingerprint density at radius 2 is 2.04 bits per heavy atom. The van der Waals surface area contributed by atoms with E-state index in [9.17, 15) is 4.79 Å². The molecule has 2 heterocycles. The number of carbonyl (C=O) groups excluding carboxylic acids is 1. The fourth-order valence-corrected chi connectivity index (χ4v) is 5.44. The van der Waals surface area contributed by atoms with Gasteiger partial charge >= 0.3 is 5.97 Å². The molecule has 4 rings (SSSR count). The molecule has 0 unspecified atom stereocenters. The molecule has 0 spiro atoms. The smallest absolute Gasteiger partial charge is 0.311 e. The lowest BCUT2D eigenvalue weighted by atomic mass is 9.59. The number of likely N-dealkylation sites (N-methyl/N-ethyl adjacent to an activating group) is 1. The third-order valence-electron chi connectivity index (χ3n) is 6.74. The van der Waals surface area contributed by atoms with Crippen molar-refractivity contribution in [2.75, 3.05) is 33.4 Å². The van der Waals surface area contributed by atoms with E-state index in [0.29, 0.717) is 32.2 Å². The van der Waals surface area contributed by atoms with Crippen LogP contribution >= 0.6 is 0 Å². The van der Waals surface area contributed by atoms with Gasteiger partial charge < -0.3 is 19.1 Å². The Morgan fingerprint density at radius 3 is 2.80 bits per heavy atom. The van der Waals surface area contributed by atoms with E-state index in [4.69, 9.17) is 14.2 Å². The van der Waals surface area contributed by atoms with Gasteiger partial charge in [0.05, 0.1) is 19.1 Å². The van der Waals surface area contributed by atoms with Crippen molar-refractivity contribution in [3.63, 3.8) is 0 Å². The summed E-state index contributed by atoms with van der Waals surface area (Å²) in [4.78, 5) is 14.7. The van der Waals surface area contributed by atoms with Gasteiger partial charge in [0.1, 0.15) is 6.10 Å². The van der Waals surface area contributed by atoms with Crippen molar-refractivity contribution < 1.29 is 19.0 Å². The van der Waals surface area contributed by atoms with Crippen molar-refractivity contribution in [3.05, 3.63) is 11.6 Å². The van der Waals surface area contributed by atoms with Crippen LogP contribution in [0.25, 0.3) is 0 Å². The molecule has 5 nitrogen and oxygen atoms in total. The molecule has 0 bridgehead atoms. The highest BCUT2D eigenvalue weighted by Gasteiger charge is 2.51. The number of nitrogens with zero attached hydrogens (tertiary/aromatic N) is 1. The first-order valence-electron chi connectivity index (χ1n) is 9.81. The normalized spacial score (nSPS) is 41.4. The van der Waals surface area contributed by atoms with Crippen LogP contribution in [0.5, 0.6) is 0 Å². The standard InChI is InChI=1S/C20H31NO4/c1-13-5-4-6-20(2)10-17-14(9-16(13)20)15(19(22)25-17)11-21(3)12-18-23-7-8-24-18/h9,13-15,17-18H,4-8,10-12H2,1-3H3/t13-,14+,15+,17+,20+/m0/s1. The van der Waals surface area contributed by atoms with Crippen LogP contribution in [0.4, 0.5) is 0 Å². The molecule has 4 aliphatic rings. The Kier molecular flexibility index (Phi) is 4.67. The maximum Gasteiger partial charge on any atom is 0.311 e. The summed E-state index contributed by atoms with van der Waals surface area (Å²) in [5.74, 6) is 0.766. The second-order valence-corrected chi connectivity index (χ2v) is 8.73. The lowest BCUT2D eigenvalue weighted by molar-refractivity contribution is -0.145. The zero-order valence-electron chi connectivity index (χ0n) is 15.7. The lowest BCUT2D eigenvalue weighted by Gasteiger charge is -2.46. The average Bonchev–Trinajstić information content (AvgIpc) is 3.14. The number of esters is 1. The summed E-state index contributed by atoms with van der Waals surface area (Å²) in [6, 6.07) is 0. The van der Waals surface area contributed by atoms with Crippen LogP contribution in [0.2, 0.25) is 0 Å². The zero-order chi connectivity index (χ0) is 17.6. The Balaban J connectivity index is 1.48. The van der Waals surface area contributed by atoms with E-state index < -0.39 is 0 Å². The highest BCUT2D eigenvalue weighted by Crippen LogP contribution is 2.53. The summed E-state index contributed by atoms with van der Waals surface area (Å²) in [6.45, 7) is 7.45. The fourth-order valence-electron chi connectivity index (χ4n) is 5.44. The summed E-state index contributed by atoms with van der Waals surface area (Å²) in [6.07, 6.45) is 7.10. The molecule has 5 heteroatoms. The van der Waals surface area contributed by atoms with Crippen LogP contribution in [-0.4, -0.2) is 56.6 Å². The summed E-state index contributed by atoms with van der Waals surface area (Å²) >= 11 is 0. The second kappa shape index (κ2) is 6.67. The Labute approximate surface area is 150 Å². The molecule has 140 valence electrons. The Morgan fingerprint density at radius 1 is 1.28 bits per heavy atom. The molecular weight excluding hydrogens is 318 g/mol. The first-order valence-corrected chi connectivity index (χ1v) is 9.81. The molecule has 5 atom stereocenters. The van der Waals surface area contributed by atoms with E-state index in [0.717, 1.165) is 6.42 Å². The number of carbonyl (C=O) groups is 1. The predicted octanol–water partition coefficient (Wildman–Crippen LogP) is 2.61. The number of hydrogen-bond acceptors (Lipinski definition) is 5. The largest absolute Gasteiger partial charge is 0.461 e. The van der Waals surface area contributed by atoms with Gasteiger partial charge in [-0.3, -0.25) is 4.79 Å². The van der Waals surface area contributed by atoms with Gasteiger partial charge in [-0.15, -0.1) is 0 Å². The molecule has 0 radical (unpaired) electrons. The van der Waals surface area contributed by atoms with E-state index in [2.05, 4.69) is 24.8 Å². The third kappa shape index (κ3) is 3.26. The summed E-state index contributed by atoms with van der Waals surface area (Å²) < 4.78 is 16.9. The maximum absolute atomic E-state index is 12.6. The van der Waals surface area contributed by atoms with Crippen molar-refractivity contribution in [3.8, 4) is 0 Å². The SMILES string of the molecule is C[C@H]1CCC[C@]2(C)C[C@H]3OC(=O)[C@H](CN(C)CC4OCCO4)[C@H]3C=C12. The lowest BCUT2D eigenvalue weighted by Crippen LogP contribution is -2.41. The third-order valence-corrected chi connectivity index (χ3v) is 6.74. The van der Waals surface area contributed by atoms with Crippen molar-refractivity contribution in [2.24, 2.45) is 23.2 Å². The van der Waals surface area contributed by atoms with Crippen molar-refractivity contribution in [2.45, 2.75) is 51.9 Å². The van der Waals surface area contributed by atoms with Crippen molar-refractivity contribution >= 4 is 5.97 Å². The van der Waals surface area contributed by atoms with Gasteiger partial charge in [0.15, 0.2) is 6.29 Å². The minimum atomic E-state index is -0.162. The zero-order valence-corrected chi connectivity index (χ0v) is 15.7. The van der Waals surface area contributed by atoms with E-state index in [1.165, 1.54) is 19.3 Å². The van der Waals surface area contributed by atoms with Gasteiger partial charge in [0.25, 0.3) is 0 Å². The first-order chi connectivity index (χ1) is 12.0. The van der Waals surface area contributed by atoms with Crippen LogP contribution < -0.4 is 0 Å². The molecule has 25 heavy (non-hydrogen) atoms. The topological polar surface area (TPSA) is 48.0 Å². The second-order valence-electron chi connectivity index (χ2n) is 8.73. The van der Waals surface area contributed by atoms with Crippen molar-refractivity contribution in [1.29, 1.82) is 0 Å². The van der Waals surface area contributed by atoms with Crippen molar-refractivity contribution in [1.82, 2.24) is 4.90 Å². The van der Waals surface area contributed by atoms with Crippen LogP contribution in [0, 0.1) is 23.2 Å². The highest BCUT2D eigenvalue weighted by atomic mass is 16.7. The number of hydrogen-bond donors (Lipinski definition) is 0. The summed E-state index contributed by atoms with van der Waals surface area (Å²) in [5.41, 5.74) is 1.80. The van der Waals surface area contributed by atoms with Gasteiger partial charge in [0.2, 0.25) is 0 Å². The Hall–Kier alpha value is -0.910. The molecule has 3 fully saturated rings. The van der Waals surface area contributed by atoms with E-state index >= 15 is 0 Å². The molecule has 0 amide bonds. The average molecular weight is 349 g/mol. The van der Waals surface area contributed by atoms with E-state index in [-0.39, 0.29) is 35.6 Å². The summed E-state index contributed by atoms with van der Waals surface area (Å²) in [7, 11) is 2.04. The van der Waals surface area contributed by atoms with E-state index in [1.54, 1.807) is 5.57 Å². The van der Waals surface area contributed by atoms with Gasteiger partial charge in [-0.1, -0.05) is 31.9 Å². The van der Waals surface area contributed by atoms with Gasteiger partial charge in [0, 0.05) is 19.0 Å². The predicted molar refractivity (Wildman–Crippen MR) is 93.9 cm³/mol.